The number of pyridine rings is 2. The average molecular weight is 295 g/mol. The minimum Gasteiger partial charge on any atom is -0.255 e. The Morgan fingerprint density at radius 3 is 1.50 bits per heavy atom. The van der Waals surface area contributed by atoms with E-state index in [4.69, 9.17) is 0 Å². The Morgan fingerprint density at radius 1 is 0.786 bits per heavy atom. The van der Waals surface area contributed by atoms with Gasteiger partial charge >= 0.3 is 27.9 Å². The van der Waals surface area contributed by atoms with Crippen molar-refractivity contribution in [3.63, 3.8) is 0 Å². The number of hydrogen-bond acceptors (Lipinski definition) is 2. The molecule has 2 heterocycles. The summed E-state index contributed by atoms with van der Waals surface area (Å²) in [5, 5.41) is 0. The van der Waals surface area contributed by atoms with Crippen LogP contribution in [0.5, 0.6) is 0 Å². The summed E-state index contributed by atoms with van der Waals surface area (Å²) in [7, 11) is 0. The molecule has 2 aromatic heterocycles. The molecule has 0 saturated carbocycles. The second-order valence-electron chi connectivity index (χ2n) is 2.43. The van der Waals surface area contributed by atoms with Gasteiger partial charge in [0.15, 0.2) is 0 Å². The molecule has 0 radical (unpaired) electrons. The maximum Gasteiger partial charge on any atom is 0.0886 e. The summed E-state index contributed by atoms with van der Waals surface area (Å²) in [6.45, 7) is 0. The fraction of sp³-hybridized carbons (Fsp3) is 0. The third-order valence-corrected chi connectivity index (χ3v) is 1.59. The van der Waals surface area contributed by atoms with E-state index in [-0.39, 0.29) is 0 Å². The van der Waals surface area contributed by atoms with Gasteiger partial charge in [0.1, 0.15) is 0 Å². The van der Waals surface area contributed by atoms with Crippen molar-refractivity contribution in [3.05, 3.63) is 48.8 Å². The average Bonchev–Trinajstić information content (AvgIpc) is 2.34. The van der Waals surface area contributed by atoms with Crippen LogP contribution >= 0.6 is 14.2 Å². The van der Waals surface area contributed by atoms with Gasteiger partial charge in [0.25, 0.3) is 0 Å². The van der Waals surface area contributed by atoms with E-state index in [1.807, 2.05) is 36.4 Å². The summed E-state index contributed by atoms with van der Waals surface area (Å²) >= 11 is 6.25. The molecule has 0 bridgehead atoms. The first kappa shape index (κ1) is 11.3. The van der Waals surface area contributed by atoms with Crippen LogP contribution in [0.15, 0.2) is 48.8 Å². The number of rotatable bonds is 1. The van der Waals surface area contributed by atoms with Crippen LogP contribution in [0.25, 0.3) is 11.4 Å². The molecule has 0 aliphatic rings. The summed E-state index contributed by atoms with van der Waals surface area (Å²) in [6, 6.07) is 11.6. The zero-order chi connectivity index (χ0) is 10.2. The van der Waals surface area contributed by atoms with Crippen molar-refractivity contribution < 1.29 is 13.7 Å². The third-order valence-electron chi connectivity index (χ3n) is 1.59. The topological polar surface area (TPSA) is 25.8 Å². The molecule has 0 aliphatic heterocycles. The van der Waals surface area contributed by atoms with Gasteiger partial charge in [0.05, 0.1) is 11.4 Å². The van der Waals surface area contributed by atoms with Crippen molar-refractivity contribution in [2.75, 3.05) is 0 Å². The van der Waals surface area contributed by atoms with Crippen LogP contribution in [0.1, 0.15) is 0 Å². The molecule has 0 amide bonds. The Balaban J connectivity index is 0.000000461. The van der Waals surface area contributed by atoms with Crippen LogP contribution in [0.3, 0.4) is 0 Å². The van der Waals surface area contributed by atoms with E-state index in [0.717, 1.165) is 11.4 Å². The SMILES string of the molecule is [Ni][Br].c1ccc(-c2ccccn2)nc1. The van der Waals surface area contributed by atoms with E-state index in [1.165, 1.54) is 0 Å². The molecule has 2 nitrogen and oxygen atoms in total. The van der Waals surface area contributed by atoms with Crippen LogP contribution in [0, 0.1) is 0 Å². The van der Waals surface area contributed by atoms with Crippen molar-refractivity contribution in [3.8, 4) is 11.4 Å². The molecule has 0 saturated heterocycles. The van der Waals surface area contributed by atoms with E-state index >= 15 is 0 Å². The van der Waals surface area contributed by atoms with Crippen molar-refractivity contribution in [2.24, 2.45) is 0 Å². The molecule has 0 aliphatic carbocycles. The first-order chi connectivity index (χ1) is 6.97. The zero-order valence-corrected chi connectivity index (χ0v) is 9.78. The zero-order valence-electron chi connectivity index (χ0n) is 7.21. The monoisotopic (exact) mass is 293 g/mol. The molecule has 0 N–H and O–H groups in total. The maximum absolute atomic E-state index is 4.19. The van der Waals surface area contributed by atoms with Gasteiger partial charge in [-0.2, -0.15) is 0 Å². The van der Waals surface area contributed by atoms with E-state index in [1.54, 1.807) is 12.4 Å². The molecule has 2 rings (SSSR count). The van der Waals surface area contributed by atoms with E-state index < -0.39 is 0 Å². The van der Waals surface area contributed by atoms with Crippen molar-refractivity contribution in [2.45, 2.75) is 0 Å². The standard InChI is InChI=1S/C10H8N2.BrH.Ni/c1-3-7-11-9(5-1)10-6-2-4-8-12-10;;/h1-8H;1H;/q;;+1/p-1. The second-order valence-corrected chi connectivity index (χ2v) is 2.43. The molecule has 2 aromatic rings. The Morgan fingerprint density at radius 2 is 1.21 bits per heavy atom. The predicted octanol–water partition coefficient (Wildman–Crippen LogP) is 2.99. The molecular weight excluding hydrogens is 287 g/mol. The largest absolute Gasteiger partial charge is 0.255 e. The van der Waals surface area contributed by atoms with E-state index in [0.29, 0.717) is 0 Å². The molecule has 0 spiro atoms. The Kier molecular flexibility index (Phi) is 5.42. The maximum atomic E-state index is 4.19. The first-order valence-corrected chi connectivity index (χ1v) is 6.35. The van der Waals surface area contributed by atoms with Crippen LogP contribution in [-0.4, -0.2) is 9.97 Å². The first-order valence-electron chi connectivity index (χ1n) is 3.91. The minimum atomic E-state index is 0.915. The van der Waals surface area contributed by atoms with Crippen LogP contribution < -0.4 is 0 Å². The summed E-state index contributed by atoms with van der Waals surface area (Å²) in [5.41, 5.74) is 1.83. The Hall–Kier alpha value is -0.726. The van der Waals surface area contributed by atoms with Gasteiger partial charge in [-0.25, -0.2) is 0 Å². The third kappa shape index (κ3) is 3.20. The molecule has 4 heteroatoms. The van der Waals surface area contributed by atoms with E-state index in [9.17, 15) is 0 Å². The number of nitrogens with zero attached hydrogens (tertiary/aromatic N) is 2. The summed E-state index contributed by atoms with van der Waals surface area (Å²) in [4.78, 5) is 8.37. The van der Waals surface area contributed by atoms with Crippen molar-refractivity contribution in [1.82, 2.24) is 9.97 Å². The second kappa shape index (κ2) is 6.69. The molecule has 75 valence electrons. The quantitative estimate of drug-likeness (QED) is 0.756. The molecule has 0 fully saturated rings. The Bertz CT molecular complexity index is 316. The molecule has 0 unspecified atom stereocenters. The van der Waals surface area contributed by atoms with Crippen molar-refractivity contribution in [1.29, 1.82) is 0 Å². The summed E-state index contributed by atoms with van der Waals surface area (Å²) in [5.74, 6) is 0. The molecule has 0 aromatic carbocycles. The van der Waals surface area contributed by atoms with Gasteiger partial charge in [-0.3, -0.25) is 9.97 Å². The van der Waals surface area contributed by atoms with Gasteiger partial charge in [-0.15, -0.1) is 0 Å². The Labute approximate surface area is 97.9 Å². The van der Waals surface area contributed by atoms with E-state index in [2.05, 4.69) is 37.9 Å². The van der Waals surface area contributed by atoms with Crippen molar-refractivity contribution >= 4 is 14.2 Å². The molecule has 14 heavy (non-hydrogen) atoms. The van der Waals surface area contributed by atoms with Crippen LogP contribution in [0.4, 0.5) is 0 Å². The molecular formula is C10H8BrN2Ni. The van der Waals surface area contributed by atoms with Gasteiger partial charge in [-0.1, -0.05) is 12.1 Å². The van der Waals surface area contributed by atoms with Gasteiger partial charge in [-0.05, 0) is 24.3 Å². The number of hydrogen-bond donors (Lipinski definition) is 0. The molecule has 0 atom stereocenters. The van der Waals surface area contributed by atoms with Crippen LogP contribution in [0.2, 0.25) is 0 Å². The van der Waals surface area contributed by atoms with Gasteiger partial charge in [0.2, 0.25) is 0 Å². The minimum absolute atomic E-state index is 0.915. The summed E-state index contributed by atoms with van der Waals surface area (Å²) in [6.07, 6.45) is 3.54. The predicted molar refractivity (Wildman–Crippen MR) is 56.4 cm³/mol. The van der Waals surface area contributed by atoms with Crippen LogP contribution in [-0.2, 0) is 13.7 Å². The number of halogens is 1. The smallest absolute Gasteiger partial charge is 0.0886 e. The fourth-order valence-electron chi connectivity index (χ4n) is 1.03. The summed E-state index contributed by atoms with van der Waals surface area (Å²) < 4.78 is 0. The van der Waals surface area contributed by atoms with Gasteiger partial charge < -0.3 is 0 Å². The number of aromatic nitrogens is 2. The normalized spacial score (nSPS) is 8.79. The van der Waals surface area contributed by atoms with Gasteiger partial charge in [0, 0.05) is 12.4 Å². The fourth-order valence-corrected chi connectivity index (χ4v) is 1.03.